The fraction of sp³-hybridized carbons (Fsp3) is 0.552. The van der Waals surface area contributed by atoms with Crippen LogP contribution in [0.5, 0.6) is 5.75 Å². The van der Waals surface area contributed by atoms with Crippen molar-refractivity contribution in [3.8, 4) is 16.9 Å². The van der Waals surface area contributed by atoms with Crippen LogP contribution in [0.2, 0.25) is 0 Å². The van der Waals surface area contributed by atoms with Gasteiger partial charge in [-0.15, -0.1) is 0 Å². The number of urea groups is 1. The molecular weight excluding hydrogens is 438 g/mol. The Labute approximate surface area is 209 Å². The zero-order valence-electron chi connectivity index (χ0n) is 21.1. The highest BCUT2D eigenvalue weighted by atomic mass is 16.5. The average molecular weight is 478 g/mol. The molecule has 3 atom stereocenters. The van der Waals surface area contributed by atoms with Gasteiger partial charge in [0, 0.05) is 49.8 Å². The SMILES string of the molecule is COC[C@@H]1[C@H](c2ccc(-c3ccccc3OC)cc2)[C@H]2CN(C(=O)NC3CCCC3)CCCCN12. The molecule has 1 N–H and O–H groups in total. The number of fused-ring (bicyclic) bond motifs is 1. The van der Waals surface area contributed by atoms with Gasteiger partial charge in [-0.1, -0.05) is 55.3 Å². The van der Waals surface area contributed by atoms with Crippen LogP contribution in [0.15, 0.2) is 48.5 Å². The van der Waals surface area contributed by atoms with E-state index < -0.39 is 0 Å². The number of hydrogen-bond acceptors (Lipinski definition) is 4. The van der Waals surface area contributed by atoms with Gasteiger partial charge in [0.1, 0.15) is 5.75 Å². The standard InChI is InChI=1S/C29H39N3O3/c1-34-20-26-28(22-15-13-21(14-16-22)24-11-5-6-12-27(24)35-2)25-19-31(17-7-8-18-32(25)26)29(33)30-23-9-3-4-10-23/h5-6,11-16,23,25-26,28H,3-4,7-10,17-20H2,1-2H3,(H,30,33)/t25-,26-,28-/m1/s1. The predicted molar refractivity (Wildman–Crippen MR) is 139 cm³/mol. The van der Waals surface area contributed by atoms with E-state index >= 15 is 0 Å². The number of hydrogen-bond donors (Lipinski definition) is 1. The van der Waals surface area contributed by atoms with Gasteiger partial charge in [0.25, 0.3) is 0 Å². The summed E-state index contributed by atoms with van der Waals surface area (Å²) in [6, 6.07) is 18.2. The monoisotopic (exact) mass is 477 g/mol. The summed E-state index contributed by atoms with van der Waals surface area (Å²) in [6.45, 7) is 3.41. The number of ether oxygens (including phenoxy) is 2. The molecule has 2 aromatic carbocycles. The van der Waals surface area contributed by atoms with Gasteiger partial charge in [-0.25, -0.2) is 4.79 Å². The second-order valence-electron chi connectivity index (χ2n) is 10.3. The fourth-order valence-corrected chi connectivity index (χ4v) is 6.38. The number of carbonyl (C=O) groups excluding carboxylic acids is 1. The third kappa shape index (κ3) is 5.05. The highest BCUT2D eigenvalue weighted by Gasteiger charge is 2.49. The molecule has 188 valence electrons. The lowest BCUT2D eigenvalue weighted by Gasteiger charge is -2.57. The van der Waals surface area contributed by atoms with Crippen molar-refractivity contribution in [2.75, 3.05) is 40.5 Å². The lowest BCUT2D eigenvalue weighted by molar-refractivity contribution is -0.0668. The Morgan fingerprint density at radius 2 is 1.71 bits per heavy atom. The number of nitrogens with zero attached hydrogens (tertiary/aromatic N) is 2. The molecule has 0 spiro atoms. The maximum absolute atomic E-state index is 13.2. The quantitative estimate of drug-likeness (QED) is 0.644. The lowest BCUT2D eigenvalue weighted by atomic mass is 9.74. The van der Waals surface area contributed by atoms with Crippen molar-refractivity contribution in [3.05, 3.63) is 54.1 Å². The molecule has 2 aliphatic heterocycles. The number of benzene rings is 2. The minimum atomic E-state index is 0.124. The van der Waals surface area contributed by atoms with Crippen LogP contribution in [0.25, 0.3) is 11.1 Å². The Morgan fingerprint density at radius 3 is 2.46 bits per heavy atom. The van der Waals surface area contributed by atoms with Crippen LogP contribution in [0.4, 0.5) is 4.79 Å². The molecule has 5 rings (SSSR count). The molecule has 2 heterocycles. The number of nitrogens with one attached hydrogen (secondary N) is 1. The van der Waals surface area contributed by atoms with Crippen LogP contribution < -0.4 is 10.1 Å². The Hall–Kier alpha value is -2.57. The van der Waals surface area contributed by atoms with Gasteiger partial charge in [-0.2, -0.15) is 0 Å². The fourth-order valence-electron chi connectivity index (χ4n) is 6.38. The van der Waals surface area contributed by atoms with Crippen LogP contribution in [-0.2, 0) is 4.74 Å². The Kier molecular flexibility index (Phi) is 7.59. The molecule has 0 bridgehead atoms. The van der Waals surface area contributed by atoms with Crippen molar-refractivity contribution in [2.45, 2.75) is 62.6 Å². The third-order valence-corrected chi connectivity index (χ3v) is 8.20. The molecule has 6 heteroatoms. The second kappa shape index (κ2) is 11.0. The molecule has 1 saturated carbocycles. The van der Waals surface area contributed by atoms with E-state index in [0.717, 1.165) is 62.2 Å². The summed E-state index contributed by atoms with van der Waals surface area (Å²) in [5.74, 6) is 1.23. The largest absolute Gasteiger partial charge is 0.496 e. The molecule has 3 fully saturated rings. The number of para-hydroxylation sites is 1. The van der Waals surface area contributed by atoms with Crippen LogP contribution in [0, 0.1) is 0 Å². The van der Waals surface area contributed by atoms with Gasteiger partial charge in [0.15, 0.2) is 0 Å². The molecule has 0 aromatic heterocycles. The Morgan fingerprint density at radius 1 is 0.971 bits per heavy atom. The van der Waals surface area contributed by atoms with Gasteiger partial charge in [-0.3, -0.25) is 4.90 Å². The van der Waals surface area contributed by atoms with E-state index in [2.05, 4.69) is 45.4 Å². The van der Waals surface area contributed by atoms with Gasteiger partial charge in [-0.05, 0) is 49.4 Å². The number of methoxy groups -OCH3 is 2. The number of rotatable bonds is 6. The molecule has 2 saturated heterocycles. The van der Waals surface area contributed by atoms with Crippen molar-refractivity contribution in [3.63, 3.8) is 0 Å². The van der Waals surface area contributed by atoms with Crippen molar-refractivity contribution < 1.29 is 14.3 Å². The van der Waals surface area contributed by atoms with Crippen molar-refractivity contribution in [2.24, 2.45) is 0 Å². The first kappa shape index (κ1) is 24.1. The molecular formula is C29H39N3O3. The first-order valence-corrected chi connectivity index (χ1v) is 13.2. The van der Waals surface area contributed by atoms with Gasteiger partial charge >= 0.3 is 6.03 Å². The molecule has 2 amide bonds. The Bertz CT molecular complexity index is 989. The maximum atomic E-state index is 13.2. The van der Waals surface area contributed by atoms with Crippen LogP contribution in [0.3, 0.4) is 0 Å². The summed E-state index contributed by atoms with van der Waals surface area (Å²) >= 11 is 0. The zero-order valence-corrected chi connectivity index (χ0v) is 21.1. The number of carbonyl (C=O) groups is 1. The lowest BCUT2D eigenvalue weighted by Crippen LogP contribution is -2.68. The minimum absolute atomic E-state index is 0.124. The topological polar surface area (TPSA) is 54.0 Å². The van der Waals surface area contributed by atoms with Crippen molar-refractivity contribution in [1.29, 1.82) is 0 Å². The molecule has 3 aliphatic rings. The molecule has 0 unspecified atom stereocenters. The molecule has 1 aliphatic carbocycles. The summed E-state index contributed by atoms with van der Waals surface area (Å²) in [6.07, 6.45) is 6.86. The van der Waals surface area contributed by atoms with E-state index in [9.17, 15) is 4.79 Å². The normalized spacial score (nSPS) is 25.3. The van der Waals surface area contributed by atoms with Crippen LogP contribution >= 0.6 is 0 Å². The minimum Gasteiger partial charge on any atom is -0.496 e. The van der Waals surface area contributed by atoms with Crippen LogP contribution in [0.1, 0.15) is 50.0 Å². The van der Waals surface area contributed by atoms with E-state index in [1.807, 2.05) is 18.2 Å². The highest BCUT2D eigenvalue weighted by molar-refractivity contribution is 5.74. The van der Waals surface area contributed by atoms with E-state index in [-0.39, 0.29) is 6.03 Å². The summed E-state index contributed by atoms with van der Waals surface area (Å²) in [4.78, 5) is 17.8. The average Bonchev–Trinajstić information content (AvgIpc) is 3.38. The van der Waals surface area contributed by atoms with E-state index in [1.165, 1.54) is 18.4 Å². The summed E-state index contributed by atoms with van der Waals surface area (Å²) in [7, 11) is 3.51. The van der Waals surface area contributed by atoms with E-state index in [1.54, 1.807) is 14.2 Å². The van der Waals surface area contributed by atoms with Gasteiger partial charge < -0.3 is 19.7 Å². The summed E-state index contributed by atoms with van der Waals surface area (Å²) < 4.78 is 11.2. The maximum Gasteiger partial charge on any atom is 0.317 e. The van der Waals surface area contributed by atoms with Gasteiger partial charge in [0.05, 0.1) is 13.7 Å². The molecule has 0 radical (unpaired) electrons. The first-order chi connectivity index (χ1) is 17.2. The zero-order chi connectivity index (χ0) is 24.2. The molecule has 6 nitrogen and oxygen atoms in total. The van der Waals surface area contributed by atoms with Crippen LogP contribution in [-0.4, -0.2) is 74.4 Å². The predicted octanol–water partition coefficient (Wildman–Crippen LogP) is 4.89. The number of amides is 2. The third-order valence-electron chi connectivity index (χ3n) is 8.20. The van der Waals surface area contributed by atoms with Crippen molar-refractivity contribution >= 4 is 6.03 Å². The second-order valence-corrected chi connectivity index (χ2v) is 10.3. The van der Waals surface area contributed by atoms with Crippen molar-refractivity contribution in [1.82, 2.24) is 15.1 Å². The smallest absolute Gasteiger partial charge is 0.317 e. The van der Waals surface area contributed by atoms with Gasteiger partial charge in [0.2, 0.25) is 0 Å². The van der Waals surface area contributed by atoms with E-state index in [4.69, 9.17) is 9.47 Å². The first-order valence-electron chi connectivity index (χ1n) is 13.2. The highest BCUT2D eigenvalue weighted by Crippen LogP contribution is 2.43. The summed E-state index contributed by atoms with van der Waals surface area (Å²) in [5, 5.41) is 3.32. The Balaban J connectivity index is 1.36. The molecule has 35 heavy (non-hydrogen) atoms. The van der Waals surface area contributed by atoms with E-state index in [0.29, 0.717) is 30.7 Å². The summed E-state index contributed by atoms with van der Waals surface area (Å²) in [5.41, 5.74) is 3.58. The molecule has 2 aromatic rings.